The summed E-state index contributed by atoms with van der Waals surface area (Å²) in [6, 6.07) is 0. The van der Waals surface area contributed by atoms with Gasteiger partial charge in [0.1, 0.15) is 0 Å². The average Bonchev–Trinajstić information content (AvgIpc) is 2.99. The first-order chi connectivity index (χ1) is 32.8. The molecule has 0 aliphatic carbocycles. The first-order valence-electron chi connectivity index (χ1n) is 29.8. The molecule has 2 radical (unpaired) electrons. The van der Waals surface area contributed by atoms with E-state index in [9.17, 15) is 0 Å². The van der Waals surface area contributed by atoms with Crippen LogP contribution in [0.3, 0.4) is 0 Å². The molecule has 77 heavy (non-hydrogen) atoms. The minimum absolute atomic E-state index is 0.333. The molecular weight excluding hydrogens is 1590 g/mol. The molecule has 0 unspecified atom stereocenters. The number of nitrogens with zero attached hydrogens (tertiary/aromatic N) is 8. The van der Waals surface area contributed by atoms with Gasteiger partial charge in [0.25, 0.3) is 0 Å². The standard InChI is InChI=1S/2C14H36N2Si3.2C12H30N2Si2.3S.4Sn/c2*1-13(2,3)19(14(4,5)6,15-17(7,8)9)16-18(10,11)12;2*1-11(2,3)16(13-7,12(4,5)6)14-15(8,9)10;;;;;;;/h2*1-12H3;2*1-10H3;;;;;;;/q4*-2;;;;4*+2. The van der Waals surface area contributed by atoms with E-state index in [-0.39, 0.29) is 0 Å². The van der Waals surface area contributed by atoms with Gasteiger partial charge in [-0.1, -0.05) is 0 Å². The van der Waals surface area contributed by atoms with Crippen LogP contribution in [0.25, 0.3) is 0 Å². The minimum atomic E-state index is -3.01. The Labute approximate surface area is 528 Å². The number of hydrogen-bond donors (Lipinski definition) is 0. The van der Waals surface area contributed by atoms with Crippen molar-refractivity contribution in [3.05, 3.63) is 0 Å². The fourth-order valence-corrected chi connectivity index (χ4v) is 537. The van der Waals surface area contributed by atoms with Crippen molar-refractivity contribution in [3.8, 4) is 0 Å². The van der Waals surface area contributed by atoms with Crippen molar-refractivity contribution < 1.29 is 0 Å². The van der Waals surface area contributed by atoms with Crippen LogP contribution in [-0.4, -0.2) is 190 Å². The maximum absolute atomic E-state index is 5.96. The molecule has 2 spiro atoms. The summed E-state index contributed by atoms with van der Waals surface area (Å²) < 4.78 is 26.0. The van der Waals surface area contributed by atoms with Crippen molar-refractivity contribution in [1.82, 2.24) is 20.3 Å². The van der Waals surface area contributed by atoms with Gasteiger partial charge in [-0.2, -0.15) is 0 Å². The molecule has 5 aliphatic heterocycles. The average molecular weight is 1720 g/mol. The van der Waals surface area contributed by atoms with Crippen LogP contribution >= 0.6 is 21.6 Å². The van der Waals surface area contributed by atoms with Gasteiger partial charge in [0, 0.05) is 0 Å². The second kappa shape index (κ2) is 22.1. The topological polar surface area (TPSA) is 25.9 Å². The SMILES string of the molecule is CC(C)(C)[Si]1(C(C)(C)C)[N]([Si](C)(C)C)[Sn]2([S][Sn]3([S]2)[N]([Si](C)(C)C)[Si](C(C)(C)C)(C(C)(C)C)[N]3[Si](C)(C)C)[N]1[Si](C)(C)C.C[N]1[Sn](=[S])[N]([Si](C)(C)C)[Si]1(C(C)(C)C)C(C)(C)C.C[N]1[Sn][N]([Si](C)(C)C)[Si]1(C(C)(C)C)C(C)(C)C. The van der Waals surface area contributed by atoms with Gasteiger partial charge < -0.3 is 0 Å². The molecule has 5 heterocycles. The second-order valence-corrected chi connectivity index (χ2v) is 178. The van der Waals surface area contributed by atoms with Gasteiger partial charge in [-0.15, -0.1) is 0 Å². The third kappa shape index (κ3) is 11.9. The zero-order valence-electron chi connectivity index (χ0n) is 59.8. The van der Waals surface area contributed by atoms with Crippen LogP contribution in [0.4, 0.5) is 0 Å². The van der Waals surface area contributed by atoms with Gasteiger partial charge in [0.05, 0.1) is 0 Å². The van der Waals surface area contributed by atoms with Gasteiger partial charge in [-0.25, -0.2) is 0 Å². The van der Waals surface area contributed by atoms with Crippen molar-refractivity contribution in [2.45, 2.75) is 324 Å². The van der Waals surface area contributed by atoms with Gasteiger partial charge in [0.2, 0.25) is 0 Å². The molecule has 0 saturated carbocycles. The van der Waals surface area contributed by atoms with E-state index in [1.807, 2.05) is 0 Å². The summed E-state index contributed by atoms with van der Waals surface area (Å²) >= 11 is -8.32. The van der Waals surface area contributed by atoms with Crippen LogP contribution in [0.1, 0.15) is 166 Å². The third-order valence-corrected chi connectivity index (χ3v) is 307. The Morgan fingerprint density at radius 3 is 0.662 bits per heavy atom. The number of rotatable bonds is 6. The zero-order chi connectivity index (χ0) is 62.3. The normalized spacial score (nSPS) is 25.0. The molecule has 0 aromatic rings. The molecule has 0 bridgehead atoms. The molecule has 454 valence electrons. The van der Waals surface area contributed by atoms with Gasteiger partial charge in [-0.3, -0.25) is 0 Å². The Morgan fingerprint density at radius 2 is 0.545 bits per heavy atom. The Hall–Kier alpha value is 5.96. The first kappa shape index (κ1) is 77.2. The van der Waals surface area contributed by atoms with Crippen LogP contribution in [0, 0.1) is 0 Å². The van der Waals surface area contributed by atoms with Gasteiger partial charge >= 0.3 is 536 Å². The summed E-state index contributed by atoms with van der Waals surface area (Å²) in [6.45, 7) is 109. The van der Waals surface area contributed by atoms with E-state index in [4.69, 9.17) is 9.29 Å². The molecular formula is C52H132N8S3Si10Sn4. The van der Waals surface area contributed by atoms with Crippen LogP contribution in [0.15, 0.2) is 0 Å². The molecule has 0 N–H and O–H groups in total. The molecule has 5 aliphatic rings. The molecule has 5 saturated heterocycles. The fraction of sp³-hybridized carbons (Fsp3) is 1.00. The van der Waals surface area contributed by atoms with Crippen molar-refractivity contribution in [3.63, 3.8) is 0 Å². The summed E-state index contributed by atoms with van der Waals surface area (Å²) in [4.78, 5) is 0. The summed E-state index contributed by atoms with van der Waals surface area (Å²) in [7, 11) is -5.26. The number of hydrogen-bond acceptors (Lipinski definition) is 9. The van der Waals surface area contributed by atoms with Crippen molar-refractivity contribution in [2.75, 3.05) is 14.1 Å². The molecule has 25 heteroatoms. The molecule has 0 aromatic heterocycles. The molecule has 0 atom stereocenters. The Balaban J connectivity index is 0.000000364. The predicted octanol–water partition coefficient (Wildman–Crippen LogP) is 18.9. The Kier molecular flexibility index (Phi) is 22.1. The summed E-state index contributed by atoms with van der Waals surface area (Å²) in [5.74, 6) is 0. The predicted molar refractivity (Wildman–Crippen MR) is 393 cm³/mol. The molecule has 5 rings (SSSR count). The van der Waals surface area contributed by atoms with E-state index in [1.165, 1.54) is 0 Å². The van der Waals surface area contributed by atoms with E-state index in [2.05, 4.69) is 331 Å². The first-order valence-corrected chi connectivity index (χ1v) is 87.8. The van der Waals surface area contributed by atoms with Crippen LogP contribution in [-0.2, 0) is 0 Å². The molecule has 0 amide bonds. The van der Waals surface area contributed by atoms with Crippen LogP contribution in [0.5, 0.6) is 0 Å². The van der Waals surface area contributed by atoms with Crippen molar-refractivity contribution in [1.29, 1.82) is 0 Å². The third-order valence-electron chi connectivity index (χ3n) is 17.7. The molecule has 8 nitrogen and oxygen atoms in total. The van der Waals surface area contributed by atoms with Gasteiger partial charge in [0.15, 0.2) is 0 Å². The van der Waals surface area contributed by atoms with Crippen LogP contribution < -0.4 is 0 Å². The molecule has 0 aromatic carbocycles. The summed E-state index contributed by atoms with van der Waals surface area (Å²) in [6.07, 6.45) is 5.71. The molecule has 5 fully saturated rings. The zero-order valence-corrected chi connectivity index (χ0v) is 83.7. The van der Waals surface area contributed by atoms with E-state index in [0.29, 0.717) is 40.3 Å². The van der Waals surface area contributed by atoms with E-state index < -0.39 is 155 Å². The monoisotopic (exact) mass is 1720 g/mol. The maximum atomic E-state index is 5.96. The Bertz CT molecular complexity index is 1990. The quantitative estimate of drug-likeness (QED) is 0.238. The van der Waals surface area contributed by atoms with E-state index in [1.54, 1.807) is 0 Å². The second-order valence-electron chi connectivity index (χ2n) is 38.5. The fourth-order valence-electron chi connectivity index (χ4n) is 18.4. The summed E-state index contributed by atoms with van der Waals surface area (Å²) in [5, 5.41) is 2.95. The van der Waals surface area contributed by atoms with Crippen molar-refractivity contribution >= 4 is 177 Å². The van der Waals surface area contributed by atoms with Crippen LogP contribution in [0.2, 0.25) is 158 Å². The van der Waals surface area contributed by atoms with E-state index in [0.717, 1.165) is 0 Å². The van der Waals surface area contributed by atoms with E-state index >= 15 is 0 Å². The van der Waals surface area contributed by atoms with Crippen molar-refractivity contribution in [2.24, 2.45) is 0 Å². The Morgan fingerprint density at radius 1 is 0.338 bits per heavy atom. The summed E-state index contributed by atoms with van der Waals surface area (Å²) in [5.41, 5.74) is 0. The van der Waals surface area contributed by atoms with Gasteiger partial charge in [-0.05, 0) is 0 Å².